The zero-order chi connectivity index (χ0) is 10.7. The second kappa shape index (κ2) is 4.67. The fraction of sp³-hybridized carbons (Fsp3) is 0.538. The van der Waals surface area contributed by atoms with Crippen LogP contribution in [-0.2, 0) is 6.54 Å². The Kier molecular flexibility index (Phi) is 3.27. The van der Waals surface area contributed by atoms with Gasteiger partial charge >= 0.3 is 0 Å². The van der Waals surface area contributed by atoms with Crippen LogP contribution in [0.5, 0.6) is 0 Å². The van der Waals surface area contributed by atoms with Gasteiger partial charge in [-0.2, -0.15) is 0 Å². The molecule has 2 rings (SSSR count). The molecule has 1 aliphatic carbocycles. The summed E-state index contributed by atoms with van der Waals surface area (Å²) in [4.78, 5) is 0. The third kappa shape index (κ3) is 2.32. The average molecular weight is 204 g/mol. The minimum atomic E-state index is 0.622. The standard InChI is InChI=1S/C13H20N2/c1-10-5-4-6-11(9-14)13(10)15-12-7-2-3-8-12/h4-6,12,15H,2-3,7-9,14H2,1H3. The van der Waals surface area contributed by atoms with E-state index < -0.39 is 0 Å². The number of aryl methyl sites for hydroxylation is 1. The van der Waals surface area contributed by atoms with Gasteiger partial charge in [-0.15, -0.1) is 0 Å². The van der Waals surface area contributed by atoms with E-state index in [0.717, 1.165) is 0 Å². The van der Waals surface area contributed by atoms with Crippen LogP contribution in [0.25, 0.3) is 0 Å². The van der Waals surface area contributed by atoms with E-state index in [9.17, 15) is 0 Å². The summed E-state index contributed by atoms with van der Waals surface area (Å²) in [6.45, 7) is 2.77. The first kappa shape index (κ1) is 10.5. The summed E-state index contributed by atoms with van der Waals surface area (Å²) in [5.74, 6) is 0. The highest BCUT2D eigenvalue weighted by molar-refractivity contribution is 5.57. The van der Waals surface area contributed by atoms with E-state index >= 15 is 0 Å². The van der Waals surface area contributed by atoms with Crippen molar-refractivity contribution < 1.29 is 0 Å². The van der Waals surface area contributed by atoms with Crippen LogP contribution in [0.1, 0.15) is 36.8 Å². The number of nitrogens with two attached hydrogens (primary N) is 1. The first-order valence-corrected chi connectivity index (χ1v) is 5.86. The summed E-state index contributed by atoms with van der Waals surface area (Å²) in [6, 6.07) is 7.01. The monoisotopic (exact) mass is 204 g/mol. The molecule has 0 bridgehead atoms. The molecular formula is C13H20N2. The molecule has 1 aliphatic rings. The summed E-state index contributed by atoms with van der Waals surface area (Å²) in [5, 5.41) is 3.65. The molecule has 2 nitrogen and oxygen atoms in total. The minimum Gasteiger partial charge on any atom is -0.382 e. The van der Waals surface area contributed by atoms with Crippen LogP contribution in [0.15, 0.2) is 18.2 Å². The Labute approximate surface area is 91.9 Å². The van der Waals surface area contributed by atoms with Gasteiger partial charge in [0.2, 0.25) is 0 Å². The number of rotatable bonds is 3. The number of nitrogens with one attached hydrogen (secondary N) is 1. The fourth-order valence-corrected chi connectivity index (χ4v) is 2.38. The van der Waals surface area contributed by atoms with Crippen molar-refractivity contribution in [2.24, 2.45) is 5.73 Å². The van der Waals surface area contributed by atoms with Gasteiger partial charge in [-0.25, -0.2) is 0 Å². The second-order valence-corrected chi connectivity index (χ2v) is 4.44. The Morgan fingerprint density at radius 3 is 2.73 bits per heavy atom. The van der Waals surface area contributed by atoms with Crippen molar-refractivity contribution in [3.8, 4) is 0 Å². The predicted octanol–water partition coefficient (Wildman–Crippen LogP) is 2.81. The molecule has 1 aromatic carbocycles. The van der Waals surface area contributed by atoms with Crippen molar-refractivity contribution in [3.63, 3.8) is 0 Å². The van der Waals surface area contributed by atoms with Crippen LogP contribution < -0.4 is 11.1 Å². The van der Waals surface area contributed by atoms with Gasteiger partial charge in [0.25, 0.3) is 0 Å². The van der Waals surface area contributed by atoms with E-state index in [4.69, 9.17) is 5.73 Å². The van der Waals surface area contributed by atoms with Crippen LogP contribution in [0.3, 0.4) is 0 Å². The van der Waals surface area contributed by atoms with Gasteiger partial charge in [0, 0.05) is 18.3 Å². The maximum atomic E-state index is 5.75. The van der Waals surface area contributed by atoms with E-state index in [1.54, 1.807) is 0 Å². The minimum absolute atomic E-state index is 0.622. The van der Waals surface area contributed by atoms with E-state index in [-0.39, 0.29) is 0 Å². The van der Waals surface area contributed by atoms with E-state index in [1.807, 2.05) is 0 Å². The van der Waals surface area contributed by atoms with E-state index in [1.165, 1.54) is 42.5 Å². The highest BCUT2D eigenvalue weighted by Crippen LogP contribution is 2.26. The zero-order valence-corrected chi connectivity index (χ0v) is 9.42. The van der Waals surface area contributed by atoms with Crippen LogP contribution in [0, 0.1) is 6.92 Å². The van der Waals surface area contributed by atoms with Gasteiger partial charge in [0.05, 0.1) is 0 Å². The summed E-state index contributed by atoms with van der Waals surface area (Å²) < 4.78 is 0. The molecule has 0 unspecified atom stereocenters. The lowest BCUT2D eigenvalue weighted by molar-refractivity contribution is 0.752. The molecule has 0 aromatic heterocycles. The lowest BCUT2D eigenvalue weighted by Crippen LogP contribution is -2.17. The highest BCUT2D eigenvalue weighted by atomic mass is 14.9. The van der Waals surface area contributed by atoms with Crippen molar-refractivity contribution >= 4 is 5.69 Å². The predicted molar refractivity (Wildman–Crippen MR) is 64.9 cm³/mol. The normalized spacial score (nSPS) is 16.9. The SMILES string of the molecule is Cc1cccc(CN)c1NC1CCCC1. The molecule has 15 heavy (non-hydrogen) atoms. The maximum Gasteiger partial charge on any atom is 0.0417 e. The van der Waals surface area contributed by atoms with Crippen LogP contribution in [-0.4, -0.2) is 6.04 Å². The van der Waals surface area contributed by atoms with E-state index in [0.29, 0.717) is 12.6 Å². The first-order chi connectivity index (χ1) is 7.31. The summed E-state index contributed by atoms with van der Waals surface area (Å²) in [5.41, 5.74) is 9.57. The van der Waals surface area contributed by atoms with Crippen molar-refractivity contribution in [3.05, 3.63) is 29.3 Å². The van der Waals surface area contributed by atoms with Gasteiger partial charge in [0.15, 0.2) is 0 Å². The molecule has 0 spiro atoms. The molecule has 1 saturated carbocycles. The lowest BCUT2D eigenvalue weighted by atomic mass is 10.1. The summed E-state index contributed by atoms with van der Waals surface area (Å²) >= 11 is 0. The molecule has 0 aliphatic heterocycles. The molecular weight excluding hydrogens is 184 g/mol. The molecule has 3 N–H and O–H groups in total. The van der Waals surface area contributed by atoms with Crippen LogP contribution >= 0.6 is 0 Å². The van der Waals surface area contributed by atoms with Crippen LogP contribution in [0.4, 0.5) is 5.69 Å². The maximum absolute atomic E-state index is 5.75. The number of anilines is 1. The lowest BCUT2D eigenvalue weighted by Gasteiger charge is -2.18. The van der Waals surface area contributed by atoms with Crippen molar-refractivity contribution in [2.75, 3.05) is 5.32 Å². The van der Waals surface area contributed by atoms with Gasteiger partial charge in [0.1, 0.15) is 0 Å². The number of hydrogen-bond donors (Lipinski definition) is 2. The van der Waals surface area contributed by atoms with Gasteiger partial charge in [-0.3, -0.25) is 0 Å². The molecule has 0 atom stereocenters. The van der Waals surface area contributed by atoms with E-state index in [2.05, 4.69) is 30.4 Å². The van der Waals surface area contributed by atoms with Gasteiger partial charge in [-0.05, 0) is 30.9 Å². The Bertz CT molecular complexity index is 327. The first-order valence-electron chi connectivity index (χ1n) is 5.86. The molecule has 2 heteroatoms. The summed E-state index contributed by atoms with van der Waals surface area (Å²) in [7, 11) is 0. The molecule has 0 radical (unpaired) electrons. The van der Waals surface area contributed by atoms with Gasteiger partial charge < -0.3 is 11.1 Å². The molecule has 0 heterocycles. The second-order valence-electron chi connectivity index (χ2n) is 4.44. The Morgan fingerprint density at radius 2 is 2.07 bits per heavy atom. The smallest absolute Gasteiger partial charge is 0.0417 e. The molecule has 0 amide bonds. The van der Waals surface area contributed by atoms with Crippen molar-refractivity contribution in [1.82, 2.24) is 0 Å². The summed E-state index contributed by atoms with van der Waals surface area (Å²) in [6.07, 6.45) is 5.33. The van der Waals surface area contributed by atoms with Crippen LogP contribution in [0.2, 0.25) is 0 Å². The number of hydrogen-bond acceptors (Lipinski definition) is 2. The molecule has 1 fully saturated rings. The third-order valence-corrected chi connectivity index (χ3v) is 3.28. The Balaban J connectivity index is 2.17. The number of benzene rings is 1. The molecule has 1 aromatic rings. The third-order valence-electron chi connectivity index (χ3n) is 3.28. The fourth-order valence-electron chi connectivity index (χ4n) is 2.38. The molecule has 82 valence electrons. The zero-order valence-electron chi connectivity index (χ0n) is 9.42. The molecule has 0 saturated heterocycles. The Morgan fingerprint density at radius 1 is 1.33 bits per heavy atom. The average Bonchev–Trinajstić information content (AvgIpc) is 2.74. The largest absolute Gasteiger partial charge is 0.382 e. The van der Waals surface area contributed by atoms with Crippen molar-refractivity contribution in [1.29, 1.82) is 0 Å². The van der Waals surface area contributed by atoms with Crippen molar-refractivity contribution in [2.45, 2.75) is 45.2 Å². The Hall–Kier alpha value is -1.02. The van der Waals surface area contributed by atoms with Gasteiger partial charge in [-0.1, -0.05) is 31.0 Å². The highest BCUT2D eigenvalue weighted by Gasteiger charge is 2.16. The topological polar surface area (TPSA) is 38.0 Å². The quantitative estimate of drug-likeness (QED) is 0.794. The number of para-hydroxylation sites is 1.